The summed E-state index contributed by atoms with van der Waals surface area (Å²) in [5, 5.41) is 12.8. The van der Waals surface area contributed by atoms with E-state index in [4.69, 9.17) is 16.3 Å². The molecule has 1 aliphatic rings. The normalized spacial score (nSPS) is 14.2. The number of fused-ring (bicyclic) bond motifs is 1. The summed E-state index contributed by atoms with van der Waals surface area (Å²) in [5.41, 5.74) is 2.28. The van der Waals surface area contributed by atoms with Gasteiger partial charge in [0.1, 0.15) is 12.4 Å². The van der Waals surface area contributed by atoms with Gasteiger partial charge in [-0.15, -0.1) is 0 Å². The van der Waals surface area contributed by atoms with Crippen molar-refractivity contribution in [1.82, 2.24) is 5.32 Å². The van der Waals surface area contributed by atoms with E-state index in [1.165, 1.54) is 0 Å². The predicted octanol–water partition coefficient (Wildman–Crippen LogP) is 3.36. The van der Waals surface area contributed by atoms with Crippen molar-refractivity contribution in [2.24, 2.45) is 0 Å². The first-order chi connectivity index (χ1) is 11.7. The lowest BCUT2D eigenvalue weighted by Gasteiger charge is -2.22. The minimum absolute atomic E-state index is 0.00612. The highest BCUT2D eigenvalue weighted by atomic mass is 35.5. The van der Waals surface area contributed by atoms with Crippen LogP contribution < -0.4 is 10.1 Å². The molecule has 5 heteroatoms. The van der Waals surface area contributed by atoms with Crippen molar-refractivity contribution in [3.8, 4) is 5.75 Å². The van der Waals surface area contributed by atoms with Gasteiger partial charge in [-0.25, -0.2) is 0 Å². The van der Waals surface area contributed by atoms with Crippen LogP contribution in [0.1, 0.15) is 23.6 Å². The molecule has 2 aromatic rings. The summed E-state index contributed by atoms with van der Waals surface area (Å²) >= 11 is 6.00. The van der Waals surface area contributed by atoms with E-state index in [1.54, 1.807) is 24.3 Å². The Morgan fingerprint density at radius 3 is 2.79 bits per heavy atom. The summed E-state index contributed by atoms with van der Waals surface area (Å²) in [4.78, 5) is 12.6. The molecule has 24 heavy (non-hydrogen) atoms. The van der Waals surface area contributed by atoms with Crippen molar-refractivity contribution in [2.45, 2.75) is 12.5 Å². The number of aliphatic hydroxyl groups excluding tert-OH is 1. The van der Waals surface area contributed by atoms with E-state index < -0.39 is 0 Å². The molecule has 3 rings (SSSR count). The average Bonchev–Trinajstić information content (AvgIpc) is 2.61. The zero-order valence-corrected chi connectivity index (χ0v) is 13.8. The maximum atomic E-state index is 12.6. The largest absolute Gasteiger partial charge is 0.488 e. The van der Waals surface area contributed by atoms with Crippen LogP contribution in [0.3, 0.4) is 0 Å². The number of ether oxygens (including phenoxy) is 1. The van der Waals surface area contributed by atoms with Gasteiger partial charge < -0.3 is 15.2 Å². The maximum absolute atomic E-state index is 12.6. The summed E-state index contributed by atoms with van der Waals surface area (Å²) in [7, 11) is 0. The fourth-order valence-corrected chi connectivity index (χ4v) is 2.85. The topological polar surface area (TPSA) is 58.6 Å². The fraction of sp³-hybridized carbons (Fsp3) is 0.211. The van der Waals surface area contributed by atoms with Crippen molar-refractivity contribution in [1.29, 1.82) is 0 Å². The molecule has 1 atom stereocenters. The van der Waals surface area contributed by atoms with E-state index in [0.717, 1.165) is 11.1 Å². The third kappa shape index (κ3) is 3.78. The van der Waals surface area contributed by atoms with E-state index in [-0.39, 0.29) is 25.2 Å². The number of benzene rings is 2. The lowest BCUT2D eigenvalue weighted by atomic mass is 10.0. The molecule has 4 nitrogen and oxygen atoms in total. The average molecular weight is 344 g/mol. The Hall–Kier alpha value is -2.30. The van der Waals surface area contributed by atoms with Gasteiger partial charge in [0.05, 0.1) is 11.6 Å². The van der Waals surface area contributed by atoms with Crippen molar-refractivity contribution in [3.63, 3.8) is 0 Å². The van der Waals surface area contributed by atoms with E-state index in [2.05, 4.69) is 5.32 Å². The molecule has 1 amide bonds. The van der Waals surface area contributed by atoms with Gasteiger partial charge in [-0.05, 0) is 36.3 Å². The van der Waals surface area contributed by atoms with Gasteiger partial charge in [0.2, 0.25) is 0 Å². The SMILES string of the molecule is O=C(N[C@H](CCO)c1ccccc1)C1=Cc2cc(Cl)ccc2OC1. The third-order valence-corrected chi connectivity index (χ3v) is 4.14. The summed E-state index contributed by atoms with van der Waals surface area (Å²) in [6, 6.07) is 14.7. The number of rotatable bonds is 5. The van der Waals surface area contributed by atoms with Gasteiger partial charge in [0.25, 0.3) is 5.91 Å². The Kier molecular flexibility index (Phi) is 5.18. The van der Waals surface area contributed by atoms with Crippen LogP contribution >= 0.6 is 11.6 Å². The standard InChI is InChI=1S/C19H18ClNO3/c20-16-6-7-18-14(11-16)10-15(12-24-18)19(23)21-17(8-9-22)13-4-2-1-3-5-13/h1-7,10-11,17,22H,8-9,12H2,(H,21,23)/t17-/m1/s1. The summed E-state index contributed by atoms with van der Waals surface area (Å²) in [6.45, 7) is 0.203. The van der Waals surface area contributed by atoms with E-state index in [1.807, 2.05) is 30.3 Å². The molecule has 0 spiro atoms. The summed E-state index contributed by atoms with van der Waals surface area (Å²) in [5.74, 6) is 0.508. The number of carbonyl (C=O) groups excluding carboxylic acids is 1. The number of hydrogen-bond donors (Lipinski definition) is 2. The van der Waals surface area contributed by atoms with Gasteiger partial charge in [-0.3, -0.25) is 4.79 Å². The van der Waals surface area contributed by atoms with Crippen molar-refractivity contribution >= 4 is 23.6 Å². The summed E-state index contributed by atoms with van der Waals surface area (Å²) in [6.07, 6.45) is 2.24. The van der Waals surface area contributed by atoms with Crippen LogP contribution in [-0.2, 0) is 4.79 Å². The van der Waals surface area contributed by atoms with Crippen molar-refractivity contribution in [3.05, 3.63) is 70.3 Å². The molecule has 2 N–H and O–H groups in total. The molecule has 0 aromatic heterocycles. The van der Waals surface area contributed by atoms with Gasteiger partial charge in [-0.2, -0.15) is 0 Å². The number of amides is 1. The number of halogens is 1. The fourth-order valence-electron chi connectivity index (χ4n) is 2.67. The van der Waals surface area contributed by atoms with Gasteiger partial charge in [0, 0.05) is 17.2 Å². The molecule has 0 saturated carbocycles. The minimum atomic E-state index is -0.245. The lowest BCUT2D eigenvalue weighted by molar-refractivity contribution is -0.118. The Balaban J connectivity index is 1.78. The lowest BCUT2D eigenvalue weighted by Crippen LogP contribution is -2.32. The number of hydrogen-bond acceptors (Lipinski definition) is 3. The molecule has 0 saturated heterocycles. The molecule has 0 radical (unpaired) electrons. The quantitative estimate of drug-likeness (QED) is 0.875. The first kappa shape index (κ1) is 16.6. The molecular weight excluding hydrogens is 326 g/mol. The maximum Gasteiger partial charge on any atom is 0.251 e. The number of carbonyl (C=O) groups is 1. The molecular formula is C19H18ClNO3. The van der Waals surface area contributed by atoms with E-state index in [0.29, 0.717) is 22.8 Å². The second-order valence-electron chi connectivity index (χ2n) is 5.59. The number of aliphatic hydroxyl groups is 1. The van der Waals surface area contributed by atoms with Crippen molar-refractivity contribution in [2.75, 3.05) is 13.2 Å². The Labute approximate surface area is 145 Å². The van der Waals surface area contributed by atoms with Crippen molar-refractivity contribution < 1.29 is 14.6 Å². The first-order valence-corrected chi connectivity index (χ1v) is 8.15. The molecule has 1 aliphatic heterocycles. The van der Waals surface area contributed by atoms with Crippen LogP contribution in [0.25, 0.3) is 6.08 Å². The highest BCUT2D eigenvalue weighted by Crippen LogP contribution is 2.29. The minimum Gasteiger partial charge on any atom is -0.488 e. The molecule has 0 bridgehead atoms. The molecule has 124 valence electrons. The zero-order valence-electron chi connectivity index (χ0n) is 13.0. The third-order valence-electron chi connectivity index (χ3n) is 3.90. The second-order valence-corrected chi connectivity index (χ2v) is 6.03. The van der Waals surface area contributed by atoms with Crippen LogP contribution in [-0.4, -0.2) is 24.2 Å². The van der Waals surface area contributed by atoms with Crippen LogP contribution in [0.5, 0.6) is 5.75 Å². The molecule has 1 heterocycles. The van der Waals surface area contributed by atoms with Gasteiger partial charge in [0.15, 0.2) is 0 Å². The second kappa shape index (κ2) is 7.51. The zero-order chi connectivity index (χ0) is 16.9. The molecule has 0 unspecified atom stereocenters. The molecule has 0 fully saturated rings. The monoisotopic (exact) mass is 343 g/mol. The Bertz CT molecular complexity index is 758. The van der Waals surface area contributed by atoms with E-state index >= 15 is 0 Å². The van der Waals surface area contributed by atoms with Crippen LogP contribution in [0.4, 0.5) is 0 Å². The van der Waals surface area contributed by atoms with Gasteiger partial charge in [-0.1, -0.05) is 41.9 Å². The summed E-state index contributed by atoms with van der Waals surface area (Å²) < 4.78 is 5.62. The Morgan fingerprint density at radius 2 is 2.04 bits per heavy atom. The van der Waals surface area contributed by atoms with Crippen LogP contribution in [0.15, 0.2) is 54.1 Å². The first-order valence-electron chi connectivity index (χ1n) is 7.77. The Morgan fingerprint density at radius 1 is 1.25 bits per heavy atom. The molecule has 0 aliphatic carbocycles. The number of nitrogens with one attached hydrogen (secondary N) is 1. The van der Waals surface area contributed by atoms with Crippen LogP contribution in [0, 0.1) is 0 Å². The predicted molar refractivity (Wildman–Crippen MR) is 94.0 cm³/mol. The molecule has 2 aromatic carbocycles. The van der Waals surface area contributed by atoms with Gasteiger partial charge >= 0.3 is 0 Å². The van der Waals surface area contributed by atoms with Crippen LogP contribution in [0.2, 0.25) is 5.02 Å². The highest BCUT2D eigenvalue weighted by Gasteiger charge is 2.21. The highest BCUT2D eigenvalue weighted by molar-refractivity contribution is 6.30. The van der Waals surface area contributed by atoms with E-state index in [9.17, 15) is 9.90 Å². The smallest absolute Gasteiger partial charge is 0.251 e.